The number of halogens is 1. The Morgan fingerprint density at radius 3 is 2.46 bits per heavy atom. The number of carbonyl (C=O) groups excluding carboxylic acids is 3. The number of nitrogens with zero attached hydrogens (tertiary/aromatic N) is 2. The molecule has 6 nitrogen and oxygen atoms in total. The average Bonchev–Trinajstić information content (AvgIpc) is 2.84. The molecule has 26 heavy (non-hydrogen) atoms. The van der Waals surface area contributed by atoms with Gasteiger partial charge in [-0.2, -0.15) is 0 Å². The smallest absolute Gasteiger partial charge is 0.331 e. The molecular formula is C19H18ClN3O3. The molecule has 4 amide bonds. The number of benzene rings is 1. The lowest BCUT2D eigenvalue weighted by Crippen LogP contribution is -2.53. The van der Waals surface area contributed by atoms with Gasteiger partial charge in [0.25, 0.3) is 11.8 Å². The van der Waals surface area contributed by atoms with Crippen molar-refractivity contribution >= 4 is 35.5 Å². The number of urea groups is 1. The fourth-order valence-corrected chi connectivity index (χ4v) is 3.02. The standard InChI is InChI=1S/C19H18ClN3O3/c1-11-8-14(12(2)22(11)3)9-15-17(24)21-19(26)23(18(15)25)10-13-6-4-5-7-16(13)20/h4-9H,10H2,1-3H3,(H,21,24,26)/b15-9+. The van der Waals surface area contributed by atoms with E-state index in [0.717, 1.165) is 21.9 Å². The summed E-state index contributed by atoms with van der Waals surface area (Å²) < 4.78 is 1.96. The van der Waals surface area contributed by atoms with Crippen LogP contribution in [-0.2, 0) is 23.2 Å². The number of barbiturate groups is 1. The average molecular weight is 372 g/mol. The van der Waals surface area contributed by atoms with Crippen LogP contribution in [0.5, 0.6) is 0 Å². The van der Waals surface area contributed by atoms with E-state index in [1.807, 2.05) is 31.5 Å². The molecule has 7 heteroatoms. The number of amides is 4. The summed E-state index contributed by atoms with van der Waals surface area (Å²) in [6, 6.07) is 8.08. The van der Waals surface area contributed by atoms with Crippen molar-refractivity contribution in [3.05, 3.63) is 63.4 Å². The molecule has 1 saturated heterocycles. The van der Waals surface area contributed by atoms with Crippen LogP contribution in [0.3, 0.4) is 0 Å². The van der Waals surface area contributed by atoms with Crippen LogP contribution in [-0.4, -0.2) is 27.3 Å². The van der Waals surface area contributed by atoms with Crippen molar-refractivity contribution in [3.8, 4) is 0 Å². The molecule has 0 radical (unpaired) electrons. The fourth-order valence-electron chi connectivity index (χ4n) is 2.82. The molecule has 1 aliphatic heterocycles. The van der Waals surface area contributed by atoms with Crippen LogP contribution in [0, 0.1) is 13.8 Å². The normalized spacial score (nSPS) is 16.4. The van der Waals surface area contributed by atoms with Gasteiger partial charge in [0.2, 0.25) is 0 Å². The van der Waals surface area contributed by atoms with Crippen molar-refractivity contribution in [3.63, 3.8) is 0 Å². The molecule has 134 valence electrons. The third-order valence-electron chi connectivity index (χ3n) is 4.59. The van der Waals surface area contributed by atoms with Gasteiger partial charge in [-0.3, -0.25) is 19.8 Å². The van der Waals surface area contributed by atoms with Crippen molar-refractivity contribution in [2.45, 2.75) is 20.4 Å². The minimum Gasteiger partial charge on any atom is -0.352 e. The number of aromatic nitrogens is 1. The maximum atomic E-state index is 12.8. The molecule has 0 unspecified atom stereocenters. The molecule has 1 aromatic carbocycles. The molecule has 0 saturated carbocycles. The van der Waals surface area contributed by atoms with E-state index in [9.17, 15) is 14.4 Å². The summed E-state index contributed by atoms with van der Waals surface area (Å²) in [6.07, 6.45) is 1.52. The zero-order chi connectivity index (χ0) is 19.0. The molecule has 0 bridgehead atoms. The van der Waals surface area contributed by atoms with Crippen LogP contribution in [0.15, 0.2) is 35.9 Å². The topological polar surface area (TPSA) is 71.4 Å². The minimum atomic E-state index is -0.752. The van der Waals surface area contributed by atoms with Gasteiger partial charge in [0.1, 0.15) is 5.57 Å². The second-order valence-corrected chi connectivity index (χ2v) is 6.59. The van der Waals surface area contributed by atoms with Crippen LogP contribution in [0.25, 0.3) is 6.08 Å². The highest BCUT2D eigenvalue weighted by atomic mass is 35.5. The van der Waals surface area contributed by atoms with Crippen LogP contribution < -0.4 is 5.32 Å². The van der Waals surface area contributed by atoms with Gasteiger partial charge in [0.15, 0.2) is 0 Å². The summed E-state index contributed by atoms with van der Waals surface area (Å²) in [6.45, 7) is 3.82. The van der Waals surface area contributed by atoms with Gasteiger partial charge in [0, 0.05) is 23.5 Å². The predicted molar refractivity (Wildman–Crippen MR) is 98.4 cm³/mol. The number of rotatable bonds is 3. The highest BCUT2D eigenvalue weighted by Crippen LogP contribution is 2.22. The first-order chi connectivity index (χ1) is 12.3. The molecule has 2 aromatic rings. The van der Waals surface area contributed by atoms with Gasteiger partial charge in [-0.1, -0.05) is 29.8 Å². The Kier molecular flexibility index (Phi) is 4.70. The monoisotopic (exact) mass is 371 g/mol. The van der Waals surface area contributed by atoms with Gasteiger partial charge >= 0.3 is 6.03 Å². The third-order valence-corrected chi connectivity index (χ3v) is 4.96. The minimum absolute atomic E-state index is 0.0121. The molecule has 1 N–H and O–H groups in total. The first-order valence-corrected chi connectivity index (χ1v) is 8.42. The SMILES string of the molecule is Cc1cc(/C=C2\C(=O)NC(=O)N(Cc3ccccc3Cl)C2=O)c(C)n1C. The molecule has 0 atom stereocenters. The summed E-state index contributed by atoms with van der Waals surface area (Å²) in [7, 11) is 1.91. The summed E-state index contributed by atoms with van der Waals surface area (Å²) in [4.78, 5) is 38.1. The molecule has 0 aliphatic carbocycles. The summed E-state index contributed by atoms with van der Waals surface area (Å²) in [5, 5.41) is 2.67. The van der Waals surface area contributed by atoms with Crippen LogP contribution >= 0.6 is 11.6 Å². The lowest BCUT2D eigenvalue weighted by molar-refractivity contribution is -0.130. The Morgan fingerprint density at radius 1 is 1.15 bits per heavy atom. The number of nitrogens with one attached hydrogen (secondary N) is 1. The molecule has 2 heterocycles. The van der Waals surface area contributed by atoms with E-state index in [4.69, 9.17) is 11.6 Å². The lowest BCUT2D eigenvalue weighted by atomic mass is 10.1. The predicted octanol–water partition coefficient (Wildman–Crippen LogP) is 2.96. The number of aryl methyl sites for hydroxylation is 1. The first-order valence-electron chi connectivity index (χ1n) is 8.04. The first kappa shape index (κ1) is 17.9. The molecule has 1 fully saturated rings. The summed E-state index contributed by atoms with van der Waals surface area (Å²) in [5.74, 6) is -1.34. The maximum absolute atomic E-state index is 12.8. The third kappa shape index (κ3) is 3.15. The fraction of sp³-hybridized carbons (Fsp3) is 0.211. The van der Waals surface area contributed by atoms with Crippen molar-refractivity contribution in [2.24, 2.45) is 7.05 Å². The second kappa shape index (κ2) is 6.80. The zero-order valence-corrected chi connectivity index (χ0v) is 15.4. The van der Waals surface area contributed by atoms with E-state index >= 15 is 0 Å². The Morgan fingerprint density at radius 2 is 1.85 bits per heavy atom. The Bertz CT molecular complexity index is 959. The van der Waals surface area contributed by atoms with E-state index in [-0.39, 0.29) is 12.1 Å². The number of hydrogen-bond acceptors (Lipinski definition) is 3. The van der Waals surface area contributed by atoms with Gasteiger partial charge in [-0.25, -0.2) is 4.79 Å². The Hall–Kier alpha value is -2.86. The summed E-state index contributed by atoms with van der Waals surface area (Å²) >= 11 is 6.12. The van der Waals surface area contributed by atoms with E-state index in [0.29, 0.717) is 10.6 Å². The molecular weight excluding hydrogens is 354 g/mol. The van der Waals surface area contributed by atoms with Gasteiger partial charge < -0.3 is 4.57 Å². The molecule has 3 rings (SSSR count). The zero-order valence-electron chi connectivity index (χ0n) is 14.7. The van der Waals surface area contributed by atoms with Crippen molar-refractivity contribution in [2.75, 3.05) is 0 Å². The highest BCUT2D eigenvalue weighted by molar-refractivity contribution is 6.32. The van der Waals surface area contributed by atoms with E-state index in [1.54, 1.807) is 24.3 Å². The quantitative estimate of drug-likeness (QED) is 0.666. The van der Waals surface area contributed by atoms with Crippen molar-refractivity contribution in [1.29, 1.82) is 0 Å². The van der Waals surface area contributed by atoms with Crippen molar-refractivity contribution in [1.82, 2.24) is 14.8 Å². The largest absolute Gasteiger partial charge is 0.352 e. The van der Waals surface area contributed by atoms with Crippen molar-refractivity contribution < 1.29 is 14.4 Å². The molecule has 0 spiro atoms. The lowest BCUT2D eigenvalue weighted by Gasteiger charge is -2.26. The van der Waals surface area contributed by atoms with Crippen LogP contribution in [0.2, 0.25) is 5.02 Å². The highest BCUT2D eigenvalue weighted by Gasteiger charge is 2.36. The van der Waals surface area contributed by atoms with Crippen LogP contribution in [0.1, 0.15) is 22.5 Å². The van der Waals surface area contributed by atoms with Gasteiger partial charge in [-0.15, -0.1) is 0 Å². The molecule has 1 aromatic heterocycles. The summed E-state index contributed by atoms with van der Waals surface area (Å²) in [5.41, 5.74) is 3.23. The maximum Gasteiger partial charge on any atom is 0.331 e. The second-order valence-electron chi connectivity index (χ2n) is 6.19. The van der Waals surface area contributed by atoms with E-state index in [2.05, 4.69) is 5.32 Å². The number of hydrogen-bond donors (Lipinski definition) is 1. The Balaban J connectivity index is 1.96. The molecule has 1 aliphatic rings. The Labute approximate surface area is 156 Å². The van der Waals surface area contributed by atoms with Gasteiger partial charge in [0.05, 0.1) is 6.54 Å². The van der Waals surface area contributed by atoms with E-state index < -0.39 is 17.8 Å². The van der Waals surface area contributed by atoms with E-state index in [1.165, 1.54) is 6.08 Å². The number of imide groups is 2. The van der Waals surface area contributed by atoms with Gasteiger partial charge in [-0.05, 0) is 43.2 Å². The van der Waals surface area contributed by atoms with Crippen LogP contribution in [0.4, 0.5) is 4.79 Å². The number of carbonyl (C=O) groups is 3.